The molecule has 0 bridgehead atoms. The van der Waals surface area contributed by atoms with Crippen molar-refractivity contribution in [1.82, 2.24) is 0 Å². The standard InChI is InChI=1S/C28H23F3N2O4S2/c29-28(30,31)21-5-4-6-23(19-21)33-39(35,36)26-15-11-22(12-16-26)32-27(34)20-9-13-24(14-10-20)37-17-18-38-25-7-2-1-3-8-25/h1-16,19,33H,17-18H2,(H,32,34). The first-order chi connectivity index (χ1) is 18.6. The van der Waals surface area contributed by atoms with Crippen molar-refractivity contribution in [1.29, 1.82) is 0 Å². The number of nitrogens with one attached hydrogen (secondary N) is 2. The van der Waals surface area contributed by atoms with Crippen LogP contribution in [0.5, 0.6) is 5.75 Å². The molecule has 0 aliphatic rings. The van der Waals surface area contributed by atoms with E-state index in [4.69, 9.17) is 4.74 Å². The zero-order chi connectivity index (χ0) is 27.9. The normalized spacial score (nSPS) is 11.6. The maximum absolute atomic E-state index is 12.9. The van der Waals surface area contributed by atoms with E-state index in [0.29, 0.717) is 29.7 Å². The lowest BCUT2D eigenvalue weighted by Gasteiger charge is -2.12. The van der Waals surface area contributed by atoms with Gasteiger partial charge < -0.3 is 10.1 Å². The van der Waals surface area contributed by atoms with Crippen LogP contribution in [0.4, 0.5) is 24.5 Å². The number of hydrogen-bond donors (Lipinski definition) is 2. The van der Waals surface area contributed by atoms with E-state index in [0.717, 1.165) is 22.8 Å². The van der Waals surface area contributed by atoms with Gasteiger partial charge in [-0.2, -0.15) is 13.2 Å². The molecule has 11 heteroatoms. The van der Waals surface area contributed by atoms with Crippen LogP contribution in [-0.2, 0) is 16.2 Å². The third kappa shape index (κ3) is 8.01. The molecule has 0 radical (unpaired) electrons. The molecule has 39 heavy (non-hydrogen) atoms. The van der Waals surface area contributed by atoms with Crippen LogP contribution in [0.25, 0.3) is 0 Å². The number of ether oxygens (including phenoxy) is 1. The number of benzene rings is 4. The van der Waals surface area contributed by atoms with Gasteiger partial charge in [-0.25, -0.2) is 8.42 Å². The van der Waals surface area contributed by atoms with Crippen LogP contribution in [0, 0.1) is 0 Å². The minimum absolute atomic E-state index is 0.176. The summed E-state index contributed by atoms with van der Waals surface area (Å²) in [6, 6.07) is 25.8. The Labute approximate surface area is 228 Å². The van der Waals surface area contributed by atoms with Crippen molar-refractivity contribution >= 4 is 39.1 Å². The number of alkyl halides is 3. The predicted octanol–water partition coefficient (Wildman–Crippen LogP) is 6.93. The molecule has 2 N–H and O–H groups in total. The first-order valence-electron chi connectivity index (χ1n) is 11.6. The van der Waals surface area contributed by atoms with E-state index in [2.05, 4.69) is 10.0 Å². The molecule has 0 aliphatic heterocycles. The smallest absolute Gasteiger partial charge is 0.416 e. The predicted molar refractivity (Wildman–Crippen MR) is 146 cm³/mol. The maximum Gasteiger partial charge on any atom is 0.416 e. The molecule has 0 saturated heterocycles. The molecule has 0 unspecified atom stereocenters. The van der Waals surface area contributed by atoms with Gasteiger partial charge in [0.25, 0.3) is 15.9 Å². The molecule has 4 aromatic rings. The van der Waals surface area contributed by atoms with E-state index >= 15 is 0 Å². The molecule has 0 aromatic heterocycles. The summed E-state index contributed by atoms with van der Waals surface area (Å²) in [6.45, 7) is 0.503. The number of thioether (sulfide) groups is 1. The Morgan fingerprint density at radius 1 is 0.821 bits per heavy atom. The zero-order valence-electron chi connectivity index (χ0n) is 20.3. The molecular weight excluding hydrogens is 549 g/mol. The van der Waals surface area contributed by atoms with E-state index < -0.39 is 27.7 Å². The molecule has 0 aliphatic carbocycles. The molecule has 202 valence electrons. The van der Waals surface area contributed by atoms with Gasteiger partial charge in [-0.1, -0.05) is 24.3 Å². The molecule has 6 nitrogen and oxygen atoms in total. The van der Waals surface area contributed by atoms with Crippen molar-refractivity contribution in [3.8, 4) is 5.75 Å². The largest absolute Gasteiger partial charge is 0.493 e. The average molecular weight is 573 g/mol. The summed E-state index contributed by atoms with van der Waals surface area (Å²) < 4.78 is 71.8. The summed E-state index contributed by atoms with van der Waals surface area (Å²) in [6.07, 6.45) is -4.60. The lowest BCUT2D eigenvalue weighted by Crippen LogP contribution is -2.15. The number of hydrogen-bond acceptors (Lipinski definition) is 5. The van der Waals surface area contributed by atoms with Gasteiger partial charge in [0.2, 0.25) is 0 Å². The summed E-state index contributed by atoms with van der Waals surface area (Å²) in [7, 11) is -4.15. The van der Waals surface area contributed by atoms with E-state index in [9.17, 15) is 26.4 Å². The van der Waals surface area contributed by atoms with Gasteiger partial charge in [0, 0.05) is 27.6 Å². The number of amides is 1. The summed E-state index contributed by atoms with van der Waals surface area (Å²) in [5, 5.41) is 2.68. The van der Waals surface area contributed by atoms with Crippen LogP contribution >= 0.6 is 11.8 Å². The molecule has 1 amide bonds. The number of anilines is 2. The molecule has 0 saturated carbocycles. The van der Waals surface area contributed by atoms with Crippen molar-refractivity contribution in [2.24, 2.45) is 0 Å². The molecule has 4 rings (SSSR count). The summed E-state index contributed by atoms with van der Waals surface area (Å²) in [5.74, 6) is 0.995. The Kier molecular flexibility index (Phi) is 8.82. The zero-order valence-corrected chi connectivity index (χ0v) is 21.9. The van der Waals surface area contributed by atoms with Crippen LogP contribution in [0.15, 0.2) is 113 Å². The Bertz CT molecular complexity index is 1510. The second-order valence-electron chi connectivity index (χ2n) is 8.20. The van der Waals surface area contributed by atoms with Crippen molar-refractivity contribution in [3.63, 3.8) is 0 Å². The Morgan fingerprint density at radius 2 is 1.51 bits per heavy atom. The van der Waals surface area contributed by atoms with Gasteiger partial charge in [0.1, 0.15) is 5.75 Å². The first-order valence-corrected chi connectivity index (χ1v) is 14.1. The Morgan fingerprint density at radius 3 is 2.18 bits per heavy atom. The van der Waals surface area contributed by atoms with Gasteiger partial charge in [-0.15, -0.1) is 11.8 Å². The van der Waals surface area contributed by atoms with Crippen molar-refractivity contribution in [3.05, 3.63) is 114 Å². The van der Waals surface area contributed by atoms with Gasteiger partial charge in [0.15, 0.2) is 0 Å². The SMILES string of the molecule is O=C(Nc1ccc(S(=O)(=O)Nc2cccc(C(F)(F)F)c2)cc1)c1ccc(OCCSc2ccccc2)cc1. The number of rotatable bonds is 10. The summed E-state index contributed by atoms with van der Waals surface area (Å²) in [5.41, 5.74) is -0.466. The molecule has 0 atom stereocenters. The highest BCUT2D eigenvalue weighted by Crippen LogP contribution is 2.31. The van der Waals surface area contributed by atoms with Crippen LogP contribution in [0.1, 0.15) is 15.9 Å². The van der Waals surface area contributed by atoms with Crippen LogP contribution in [-0.4, -0.2) is 26.7 Å². The van der Waals surface area contributed by atoms with Crippen LogP contribution < -0.4 is 14.8 Å². The van der Waals surface area contributed by atoms with E-state index in [1.807, 2.05) is 30.3 Å². The third-order valence-electron chi connectivity index (χ3n) is 5.35. The van der Waals surface area contributed by atoms with Crippen molar-refractivity contribution in [2.45, 2.75) is 16.0 Å². The van der Waals surface area contributed by atoms with Crippen LogP contribution in [0.3, 0.4) is 0 Å². The average Bonchev–Trinajstić information content (AvgIpc) is 2.92. The number of halogens is 3. The van der Waals surface area contributed by atoms with E-state index in [1.54, 1.807) is 36.0 Å². The number of carbonyl (C=O) groups excluding carboxylic acids is 1. The maximum atomic E-state index is 12.9. The van der Waals surface area contributed by atoms with Gasteiger partial charge in [-0.3, -0.25) is 9.52 Å². The third-order valence-corrected chi connectivity index (χ3v) is 7.72. The summed E-state index contributed by atoms with van der Waals surface area (Å²) >= 11 is 1.68. The monoisotopic (exact) mass is 572 g/mol. The Balaban J connectivity index is 1.30. The lowest BCUT2D eigenvalue weighted by molar-refractivity contribution is -0.137. The fourth-order valence-corrected chi connectivity index (χ4v) is 5.23. The first kappa shape index (κ1) is 28.1. The molecule has 0 fully saturated rings. The van der Waals surface area contributed by atoms with Gasteiger partial charge in [0.05, 0.1) is 17.1 Å². The second kappa shape index (κ2) is 12.3. The lowest BCUT2D eigenvalue weighted by atomic mass is 10.2. The fourth-order valence-electron chi connectivity index (χ4n) is 3.43. The molecule has 0 heterocycles. The van der Waals surface area contributed by atoms with Crippen LogP contribution in [0.2, 0.25) is 0 Å². The minimum atomic E-state index is -4.60. The fraction of sp³-hybridized carbons (Fsp3) is 0.107. The van der Waals surface area contributed by atoms with Crippen molar-refractivity contribution in [2.75, 3.05) is 22.4 Å². The summed E-state index contributed by atoms with van der Waals surface area (Å²) in [4.78, 5) is 13.6. The van der Waals surface area contributed by atoms with E-state index in [-0.39, 0.29) is 10.6 Å². The Hall–Kier alpha value is -3.96. The highest BCUT2D eigenvalue weighted by molar-refractivity contribution is 7.99. The van der Waals surface area contributed by atoms with Gasteiger partial charge >= 0.3 is 6.18 Å². The van der Waals surface area contributed by atoms with Gasteiger partial charge in [-0.05, 0) is 78.9 Å². The molecular formula is C28H23F3N2O4S2. The quantitative estimate of drug-likeness (QED) is 0.159. The number of carbonyl (C=O) groups is 1. The molecule has 0 spiro atoms. The minimum Gasteiger partial charge on any atom is -0.493 e. The van der Waals surface area contributed by atoms with E-state index in [1.165, 1.54) is 30.3 Å². The topological polar surface area (TPSA) is 84.5 Å². The van der Waals surface area contributed by atoms with Crippen molar-refractivity contribution < 1.29 is 31.1 Å². The highest BCUT2D eigenvalue weighted by Gasteiger charge is 2.30. The highest BCUT2D eigenvalue weighted by atomic mass is 32.2. The second-order valence-corrected chi connectivity index (χ2v) is 11.0. The molecule has 4 aromatic carbocycles. The number of sulfonamides is 1.